The molecule has 13 heavy (non-hydrogen) atoms. The van der Waals surface area contributed by atoms with Crippen LogP contribution in [0.4, 0.5) is 0 Å². The maximum absolute atomic E-state index is 10.6. The number of carboxylic acid groups (broad SMARTS) is 2. The van der Waals surface area contributed by atoms with Gasteiger partial charge in [-0.2, -0.15) is 0 Å². The highest BCUT2D eigenvalue weighted by molar-refractivity contribution is 5.76. The van der Waals surface area contributed by atoms with Crippen molar-refractivity contribution in [3.63, 3.8) is 0 Å². The SMILES string of the molecule is C=C1CC(C(=O)O)CCC1C(=O)O. The number of aliphatic carboxylic acids is 2. The summed E-state index contributed by atoms with van der Waals surface area (Å²) in [7, 11) is 0. The molecule has 0 aliphatic heterocycles. The topological polar surface area (TPSA) is 74.6 Å². The van der Waals surface area contributed by atoms with Gasteiger partial charge in [0.2, 0.25) is 0 Å². The first-order valence-electron chi connectivity index (χ1n) is 4.15. The number of hydrogen-bond acceptors (Lipinski definition) is 2. The third kappa shape index (κ3) is 2.08. The van der Waals surface area contributed by atoms with E-state index in [4.69, 9.17) is 10.2 Å². The van der Waals surface area contributed by atoms with Crippen LogP contribution in [0.3, 0.4) is 0 Å². The van der Waals surface area contributed by atoms with Crippen molar-refractivity contribution in [2.45, 2.75) is 19.3 Å². The van der Waals surface area contributed by atoms with Crippen LogP contribution in [0.2, 0.25) is 0 Å². The van der Waals surface area contributed by atoms with Gasteiger partial charge in [-0.3, -0.25) is 9.59 Å². The Morgan fingerprint density at radius 1 is 1.23 bits per heavy atom. The van der Waals surface area contributed by atoms with Crippen molar-refractivity contribution in [3.8, 4) is 0 Å². The van der Waals surface area contributed by atoms with Gasteiger partial charge in [-0.15, -0.1) is 0 Å². The molecule has 1 rings (SSSR count). The molecule has 2 unspecified atom stereocenters. The van der Waals surface area contributed by atoms with Gasteiger partial charge in [0.25, 0.3) is 0 Å². The Morgan fingerprint density at radius 2 is 1.85 bits per heavy atom. The van der Waals surface area contributed by atoms with Crippen LogP contribution in [-0.4, -0.2) is 22.2 Å². The van der Waals surface area contributed by atoms with Gasteiger partial charge in [0, 0.05) is 0 Å². The van der Waals surface area contributed by atoms with Gasteiger partial charge < -0.3 is 10.2 Å². The van der Waals surface area contributed by atoms with Crippen LogP contribution < -0.4 is 0 Å². The summed E-state index contributed by atoms with van der Waals surface area (Å²) in [5, 5.41) is 17.4. The summed E-state index contributed by atoms with van der Waals surface area (Å²) in [5.74, 6) is -2.74. The lowest BCUT2D eigenvalue weighted by molar-refractivity contribution is -0.146. The van der Waals surface area contributed by atoms with E-state index in [0.29, 0.717) is 24.8 Å². The van der Waals surface area contributed by atoms with Gasteiger partial charge in [-0.1, -0.05) is 12.2 Å². The number of carboxylic acids is 2. The van der Waals surface area contributed by atoms with Crippen LogP contribution in [-0.2, 0) is 9.59 Å². The zero-order valence-electron chi connectivity index (χ0n) is 7.19. The molecule has 0 aromatic carbocycles. The van der Waals surface area contributed by atoms with Crippen molar-refractivity contribution in [3.05, 3.63) is 12.2 Å². The Kier molecular flexibility index (Phi) is 2.70. The van der Waals surface area contributed by atoms with Gasteiger partial charge >= 0.3 is 11.9 Å². The highest BCUT2D eigenvalue weighted by atomic mass is 16.4. The van der Waals surface area contributed by atoms with Crippen LogP contribution in [0.25, 0.3) is 0 Å². The number of rotatable bonds is 2. The molecule has 1 aliphatic carbocycles. The second-order valence-electron chi connectivity index (χ2n) is 3.37. The Balaban J connectivity index is 2.62. The van der Waals surface area contributed by atoms with Crippen LogP contribution in [0.15, 0.2) is 12.2 Å². The molecule has 1 saturated carbocycles. The summed E-state index contributed by atoms with van der Waals surface area (Å²) >= 11 is 0. The molecule has 0 saturated heterocycles. The minimum Gasteiger partial charge on any atom is -0.481 e. The van der Waals surface area contributed by atoms with Gasteiger partial charge in [0.05, 0.1) is 11.8 Å². The van der Waals surface area contributed by atoms with Crippen molar-refractivity contribution >= 4 is 11.9 Å². The maximum atomic E-state index is 10.6. The summed E-state index contributed by atoms with van der Waals surface area (Å²) < 4.78 is 0. The molecule has 0 radical (unpaired) electrons. The molecule has 72 valence electrons. The van der Waals surface area contributed by atoms with Gasteiger partial charge in [-0.05, 0) is 19.3 Å². The Hall–Kier alpha value is -1.32. The average Bonchev–Trinajstić information content (AvgIpc) is 2.03. The van der Waals surface area contributed by atoms with Crippen LogP contribution in [0.1, 0.15) is 19.3 Å². The molecule has 0 spiro atoms. The first-order chi connectivity index (χ1) is 6.02. The van der Waals surface area contributed by atoms with E-state index in [1.54, 1.807) is 0 Å². The summed E-state index contributed by atoms with van der Waals surface area (Å²) in [4.78, 5) is 21.2. The fourth-order valence-electron chi connectivity index (χ4n) is 1.64. The summed E-state index contributed by atoms with van der Waals surface area (Å²) in [5.41, 5.74) is 0.533. The standard InChI is InChI=1S/C9H12O4/c1-5-4-6(8(10)11)2-3-7(5)9(12)13/h6-7H,1-4H2,(H,10,11)(H,12,13). The molecule has 0 heterocycles. The fraction of sp³-hybridized carbons (Fsp3) is 0.556. The lowest BCUT2D eigenvalue weighted by atomic mass is 9.79. The molecular weight excluding hydrogens is 172 g/mol. The van der Waals surface area contributed by atoms with E-state index >= 15 is 0 Å². The lowest BCUT2D eigenvalue weighted by Crippen LogP contribution is -2.27. The minimum absolute atomic E-state index is 0.298. The normalized spacial score (nSPS) is 28.5. The Bertz CT molecular complexity index is 256. The van der Waals surface area contributed by atoms with E-state index in [9.17, 15) is 9.59 Å². The first-order valence-corrected chi connectivity index (χ1v) is 4.15. The molecule has 4 nitrogen and oxygen atoms in total. The van der Waals surface area contributed by atoms with E-state index in [1.807, 2.05) is 0 Å². The van der Waals surface area contributed by atoms with Crippen molar-refractivity contribution in [2.75, 3.05) is 0 Å². The van der Waals surface area contributed by atoms with E-state index in [-0.39, 0.29) is 0 Å². The Morgan fingerprint density at radius 3 is 2.23 bits per heavy atom. The minimum atomic E-state index is -0.895. The molecule has 0 aromatic heterocycles. The van der Waals surface area contributed by atoms with E-state index in [0.717, 1.165) is 0 Å². The van der Waals surface area contributed by atoms with Crippen LogP contribution in [0, 0.1) is 11.8 Å². The van der Waals surface area contributed by atoms with Crippen molar-refractivity contribution < 1.29 is 19.8 Å². The summed E-state index contributed by atoms with van der Waals surface area (Å²) in [6.07, 6.45) is 1.13. The molecule has 1 fully saturated rings. The average molecular weight is 184 g/mol. The molecule has 0 bridgehead atoms. The monoisotopic (exact) mass is 184 g/mol. The van der Waals surface area contributed by atoms with E-state index < -0.39 is 23.8 Å². The predicted octanol–water partition coefficient (Wildman–Crippen LogP) is 1.13. The largest absolute Gasteiger partial charge is 0.481 e. The lowest BCUT2D eigenvalue weighted by Gasteiger charge is -2.25. The highest BCUT2D eigenvalue weighted by Crippen LogP contribution is 2.32. The molecule has 4 heteroatoms. The zero-order chi connectivity index (χ0) is 10.0. The molecule has 2 atom stereocenters. The van der Waals surface area contributed by atoms with Gasteiger partial charge in [0.1, 0.15) is 0 Å². The van der Waals surface area contributed by atoms with Crippen LogP contribution >= 0.6 is 0 Å². The zero-order valence-corrected chi connectivity index (χ0v) is 7.19. The molecular formula is C9H12O4. The number of hydrogen-bond donors (Lipinski definition) is 2. The molecule has 1 aliphatic rings. The number of carbonyl (C=O) groups is 2. The highest BCUT2D eigenvalue weighted by Gasteiger charge is 2.32. The van der Waals surface area contributed by atoms with Crippen LogP contribution in [0.5, 0.6) is 0 Å². The van der Waals surface area contributed by atoms with Crippen molar-refractivity contribution in [2.24, 2.45) is 11.8 Å². The third-order valence-corrected chi connectivity index (χ3v) is 2.45. The summed E-state index contributed by atoms with van der Waals surface area (Å²) in [6.45, 7) is 3.61. The van der Waals surface area contributed by atoms with E-state index in [2.05, 4.69) is 6.58 Å². The maximum Gasteiger partial charge on any atom is 0.310 e. The molecule has 0 aromatic rings. The molecule has 0 amide bonds. The van der Waals surface area contributed by atoms with Gasteiger partial charge in [-0.25, -0.2) is 0 Å². The van der Waals surface area contributed by atoms with Crippen molar-refractivity contribution in [1.82, 2.24) is 0 Å². The second kappa shape index (κ2) is 3.60. The molecule has 2 N–H and O–H groups in total. The smallest absolute Gasteiger partial charge is 0.310 e. The quantitative estimate of drug-likeness (QED) is 0.631. The summed E-state index contributed by atoms with van der Waals surface area (Å²) in [6, 6.07) is 0. The predicted molar refractivity (Wildman–Crippen MR) is 45.2 cm³/mol. The van der Waals surface area contributed by atoms with E-state index in [1.165, 1.54) is 0 Å². The second-order valence-corrected chi connectivity index (χ2v) is 3.37. The van der Waals surface area contributed by atoms with Gasteiger partial charge in [0.15, 0.2) is 0 Å². The van der Waals surface area contributed by atoms with Crippen molar-refractivity contribution in [1.29, 1.82) is 0 Å². The Labute approximate surface area is 75.9 Å². The third-order valence-electron chi connectivity index (χ3n) is 2.45. The fourth-order valence-corrected chi connectivity index (χ4v) is 1.64. The first kappa shape index (κ1) is 9.77.